The summed E-state index contributed by atoms with van der Waals surface area (Å²) in [6, 6.07) is 11.0. The Morgan fingerprint density at radius 3 is 2.57 bits per heavy atom. The summed E-state index contributed by atoms with van der Waals surface area (Å²) >= 11 is 3.24. The molecule has 0 amide bonds. The SMILES string of the molecule is O=C([O-])[C@@]1(c2ccccc2)Cc2c(Br)cc(F)cc2O1.[K+]. The molecule has 21 heavy (non-hydrogen) atoms. The van der Waals surface area contributed by atoms with Gasteiger partial charge in [-0.25, -0.2) is 4.39 Å². The first-order valence-electron chi connectivity index (χ1n) is 5.97. The zero-order chi connectivity index (χ0) is 14.3. The van der Waals surface area contributed by atoms with Crippen molar-refractivity contribution >= 4 is 21.9 Å². The molecule has 0 saturated heterocycles. The van der Waals surface area contributed by atoms with Crippen molar-refractivity contribution in [1.29, 1.82) is 0 Å². The average molecular weight is 375 g/mol. The number of carbonyl (C=O) groups excluding carboxylic acids is 1. The van der Waals surface area contributed by atoms with E-state index in [4.69, 9.17) is 4.74 Å². The summed E-state index contributed by atoms with van der Waals surface area (Å²) in [5.74, 6) is -1.60. The average Bonchev–Trinajstić information content (AvgIpc) is 2.81. The summed E-state index contributed by atoms with van der Waals surface area (Å²) in [7, 11) is 0. The number of rotatable bonds is 2. The first kappa shape index (κ1) is 17.1. The van der Waals surface area contributed by atoms with Crippen LogP contribution >= 0.6 is 15.9 Å². The largest absolute Gasteiger partial charge is 1.00 e. The molecule has 2 aromatic rings. The molecular weight excluding hydrogens is 366 g/mol. The number of benzene rings is 2. The van der Waals surface area contributed by atoms with Gasteiger partial charge in [-0.1, -0.05) is 46.3 Å². The van der Waals surface area contributed by atoms with E-state index in [0.717, 1.165) is 0 Å². The standard InChI is InChI=1S/C15H10BrFO3.K/c16-12-6-10(17)7-13-11(12)8-15(20-13,14(18)19)9-4-2-1-3-5-9;/h1-7H,8H2,(H,18,19);/q;+1/p-1/t15-;/m0./s1. The maximum absolute atomic E-state index is 13.4. The summed E-state index contributed by atoms with van der Waals surface area (Å²) in [6.45, 7) is 0. The third-order valence-corrected chi connectivity index (χ3v) is 4.11. The minimum Gasteiger partial charge on any atom is -0.545 e. The fourth-order valence-electron chi connectivity index (χ4n) is 2.42. The van der Waals surface area contributed by atoms with Gasteiger partial charge in [0.15, 0.2) is 5.60 Å². The van der Waals surface area contributed by atoms with Crippen molar-refractivity contribution in [2.45, 2.75) is 12.0 Å². The van der Waals surface area contributed by atoms with Crippen LogP contribution in [0.1, 0.15) is 11.1 Å². The topological polar surface area (TPSA) is 49.4 Å². The molecular formula is C15H9BrFKO3. The molecule has 1 aliphatic heterocycles. The fourth-order valence-corrected chi connectivity index (χ4v) is 2.97. The van der Waals surface area contributed by atoms with Gasteiger partial charge in [-0.3, -0.25) is 0 Å². The van der Waals surface area contributed by atoms with Crippen LogP contribution in [0.5, 0.6) is 5.75 Å². The molecule has 0 aliphatic carbocycles. The van der Waals surface area contributed by atoms with Crippen LogP contribution in [0.25, 0.3) is 0 Å². The van der Waals surface area contributed by atoms with Crippen molar-refractivity contribution in [3.05, 3.63) is 63.9 Å². The van der Waals surface area contributed by atoms with Crippen LogP contribution in [-0.2, 0) is 16.8 Å². The normalized spacial score (nSPS) is 19.3. The second kappa shape index (κ2) is 6.48. The zero-order valence-electron chi connectivity index (χ0n) is 11.2. The van der Waals surface area contributed by atoms with Crippen LogP contribution in [-0.4, -0.2) is 5.97 Å². The van der Waals surface area contributed by atoms with E-state index in [1.165, 1.54) is 12.1 Å². The molecule has 6 heteroatoms. The molecule has 1 atom stereocenters. The van der Waals surface area contributed by atoms with Crippen molar-refractivity contribution in [2.24, 2.45) is 0 Å². The van der Waals surface area contributed by atoms with Gasteiger partial charge in [-0.05, 0) is 6.07 Å². The Morgan fingerprint density at radius 1 is 1.29 bits per heavy atom. The molecule has 102 valence electrons. The first-order chi connectivity index (χ1) is 9.53. The van der Waals surface area contributed by atoms with Gasteiger partial charge in [0, 0.05) is 28.1 Å². The quantitative estimate of drug-likeness (QED) is 0.645. The van der Waals surface area contributed by atoms with Crippen molar-refractivity contribution in [3.63, 3.8) is 0 Å². The predicted octanol–water partition coefficient (Wildman–Crippen LogP) is -0.828. The number of aliphatic carboxylic acids is 1. The number of carboxylic acids is 1. The fraction of sp³-hybridized carbons (Fsp3) is 0.133. The van der Waals surface area contributed by atoms with E-state index in [2.05, 4.69) is 15.9 Å². The molecule has 0 aromatic heterocycles. The molecule has 0 fully saturated rings. The van der Waals surface area contributed by atoms with Crippen LogP contribution in [0.2, 0.25) is 0 Å². The molecule has 0 saturated carbocycles. The molecule has 1 heterocycles. The number of carboxylic acid groups (broad SMARTS) is 1. The van der Waals surface area contributed by atoms with Gasteiger partial charge >= 0.3 is 51.4 Å². The molecule has 1 aliphatic rings. The Morgan fingerprint density at radius 2 is 1.95 bits per heavy atom. The van der Waals surface area contributed by atoms with Gasteiger partial charge in [0.25, 0.3) is 0 Å². The summed E-state index contributed by atoms with van der Waals surface area (Å²) in [6.07, 6.45) is 0.0928. The number of ether oxygens (including phenoxy) is 1. The van der Waals surface area contributed by atoms with Gasteiger partial charge in [-0.2, -0.15) is 0 Å². The molecule has 0 bridgehead atoms. The monoisotopic (exact) mass is 374 g/mol. The van der Waals surface area contributed by atoms with Gasteiger partial charge < -0.3 is 14.6 Å². The Kier molecular flexibility index (Phi) is 5.28. The van der Waals surface area contributed by atoms with Crippen LogP contribution < -0.4 is 61.2 Å². The van der Waals surface area contributed by atoms with Crippen LogP contribution in [0.15, 0.2) is 46.9 Å². The Hall–Kier alpha value is -0.244. The van der Waals surface area contributed by atoms with Gasteiger partial charge in [0.2, 0.25) is 0 Å². The maximum Gasteiger partial charge on any atom is 1.00 e. The van der Waals surface area contributed by atoms with E-state index in [9.17, 15) is 14.3 Å². The van der Waals surface area contributed by atoms with Gasteiger partial charge in [-0.15, -0.1) is 0 Å². The summed E-state index contributed by atoms with van der Waals surface area (Å²) in [4.78, 5) is 11.6. The minimum absolute atomic E-state index is 0. The van der Waals surface area contributed by atoms with E-state index < -0.39 is 17.4 Å². The number of fused-ring (bicyclic) bond motifs is 1. The number of hydrogen-bond acceptors (Lipinski definition) is 3. The third kappa shape index (κ3) is 2.98. The number of carbonyl (C=O) groups is 1. The number of hydrogen-bond donors (Lipinski definition) is 0. The smallest absolute Gasteiger partial charge is 0.545 e. The maximum atomic E-state index is 13.4. The Labute approximate surface area is 172 Å². The van der Waals surface area contributed by atoms with Crippen LogP contribution in [0.3, 0.4) is 0 Å². The molecule has 0 N–H and O–H groups in total. The van der Waals surface area contributed by atoms with E-state index in [1.807, 2.05) is 0 Å². The van der Waals surface area contributed by atoms with E-state index in [0.29, 0.717) is 15.6 Å². The predicted molar refractivity (Wildman–Crippen MR) is 71.6 cm³/mol. The first-order valence-corrected chi connectivity index (χ1v) is 6.76. The molecule has 3 nitrogen and oxygen atoms in total. The van der Waals surface area contributed by atoms with Crippen LogP contribution in [0.4, 0.5) is 4.39 Å². The summed E-state index contributed by atoms with van der Waals surface area (Å²) in [5, 5.41) is 11.6. The Balaban J connectivity index is 0.00000161. The van der Waals surface area contributed by atoms with E-state index in [1.54, 1.807) is 30.3 Å². The molecule has 0 radical (unpaired) electrons. The summed E-state index contributed by atoms with van der Waals surface area (Å²) in [5.41, 5.74) is -0.511. The van der Waals surface area contributed by atoms with Crippen molar-refractivity contribution in [3.8, 4) is 5.75 Å². The summed E-state index contributed by atoms with van der Waals surface area (Å²) < 4.78 is 19.5. The van der Waals surface area contributed by atoms with Gasteiger partial charge in [0.05, 0.1) is 5.97 Å². The molecule has 3 rings (SSSR count). The molecule has 2 aromatic carbocycles. The van der Waals surface area contributed by atoms with Crippen molar-refractivity contribution in [1.82, 2.24) is 0 Å². The Bertz CT molecular complexity index is 693. The number of halogens is 2. The molecule has 0 spiro atoms. The minimum atomic E-state index is -1.61. The second-order valence-electron chi connectivity index (χ2n) is 4.62. The van der Waals surface area contributed by atoms with E-state index in [-0.39, 0.29) is 63.6 Å². The second-order valence-corrected chi connectivity index (χ2v) is 5.48. The van der Waals surface area contributed by atoms with E-state index >= 15 is 0 Å². The molecule has 0 unspecified atom stereocenters. The zero-order valence-corrected chi connectivity index (χ0v) is 15.9. The van der Waals surface area contributed by atoms with Gasteiger partial charge in [0.1, 0.15) is 11.6 Å². The third-order valence-electron chi connectivity index (χ3n) is 3.40. The van der Waals surface area contributed by atoms with Crippen molar-refractivity contribution in [2.75, 3.05) is 0 Å². The van der Waals surface area contributed by atoms with Crippen molar-refractivity contribution < 1.29 is 70.4 Å². The van der Waals surface area contributed by atoms with Crippen LogP contribution in [0, 0.1) is 5.82 Å².